The first-order chi connectivity index (χ1) is 11.1. The van der Waals surface area contributed by atoms with E-state index in [9.17, 15) is 15.4 Å². The molecule has 7 nitrogen and oxygen atoms in total. The van der Waals surface area contributed by atoms with Crippen molar-refractivity contribution in [3.05, 3.63) is 44.6 Å². The minimum atomic E-state index is -0.473. The lowest BCUT2D eigenvalue weighted by atomic mass is 9.99. The van der Waals surface area contributed by atoms with E-state index in [2.05, 4.69) is 5.32 Å². The Morgan fingerprint density at radius 1 is 1.43 bits per heavy atom. The highest BCUT2D eigenvalue weighted by atomic mass is 32.1. The molecule has 1 aromatic heterocycles. The Morgan fingerprint density at radius 2 is 2.13 bits per heavy atom. The van der Waals surface area contributed by atoms with Gasteiger partial charge in [0.05, 0.1) is 17.6 Å². The molecule has 0 radical (unpaired) electrons. The molecule has 1 aliphatic heterocycles. The van der Waals surface area contributed by atoms with E-state index in [-0.39, 0.29) is 16.8 Å². The van der Waals surface area contributed by atoms with E-state index in [1.807, 2.05) is 6.07 Å². The molecule has 2 heterocycles. The summed E-state index contributed by atoms with van der Waals surface area (Å²) >= 11 is 5.35. The molecule has 0 unspecified atom stereocenters. The van der Waals surface area contributed by atoms with Crippen LogP contribution in [-0.4, -0.2) is 23.1 Å². The van der Waals surface area contributed by atoms with Crippen LogP contribution >= 0.6 is 12.2 Å². The molecule has 2 aromatic rings. The number of nitrogens with one attached hydrogen (secondary N) is 1. The van der Waals surface area contributed by atoms with E-state index >= 15 is 0 Å². The number of ether oxygens (including phenoxy) is 1. The Kier molecular flexibility index (Phi) is 3.72. The van der Waals surface area contributed by atoms with Crippen LogP contribution in [0, 0.1) is 26.1 Å². The third-order valence-electron chi connectivity index (χ3n) is 3.74. The Bertz CT molecular complexity index is 897. The topological polar surface area (TPSA) is 93.1 Å². The number of hydrogen-bond donors (Lipinski definition) is 1. The second kappa shape index (κ2) is 5.70. The molecule has 23 heavy (non-hydrogen) atoms. The fourth-order valence-electron chi connectivity index (χ4n) is 2.71. The summed E-state index contributed by atoms with van der Waals surface area (Å²) in [5, 5.41) is 24.1. The van der Waals surface area contributed by atoms with Gasteiger partial charge in [-0.15, -0.1) is 0 Å². The fraction of sp³-hybridized carbons (Fsp3) is 0.200. The molecule has 1 aromatic carbocycles. The molecule has 8 heteroatoms. The van der Waals surface area contributed by atoms with Gasteiger partial charge >= 0.3 is 5.69 Å². The summed E-state index contributed by atoms with van der Waals surface area (Å²) in [6, 6.07) is 8.78. The number of rotatable bonds is 3. The predicted octanol–water partition coefficient (Wildman–Crippen LogP) is 3.10. The van der Waals surface area contributed by atoms with Gasteiger partial charge in [-0.1, -0.05) is 24.4 Å². The zero-order valence-electron chi connectivity index (χ0n) is 12.2. The monoisotopic (exact) mass is 328 g/mol. The van der Waals surface area contributed by atoms with E-state index < -0.39 is 4.92 Å². The molecule has 0 saturated carbocycles. The van der Waals surface area contributed by atoms with Crippen molar-refractivity contribution < 1.29 is 9.66 Å². The lowest BCUT2D eigenvalue weighted by molar-refractivity contribution is -0.383. The number of fused-ring (bicyclic) bond motifs is 1. The average molecular weight is 328 g/mol. The lowest BCUT2D eigenvalue weighted by Crippen LogP contribution is -2.06. The van der Waals surface area contributed by atoms with E-state index in [1.165, 1.54) is 7.11 Å². The molecular formula is C15H12N4O3S. The fourth-order valence-corrected chi connectivity index (χ4v) is 3.04. The number of hydrogen-bond acceptors (Lipinski definition) is 6. The van der Waals surface area contributed by atoms with Crippen LogP contribution < -0.4 is 10.1 Å². The number of pyridine rings is 1. The van der Waals surface area contributed by atoms with Crippen LogP contribution in [0.5, 0.6) is 5.75 Å². The van der Waals surface area contributed by atoms with Gasteiger partial charge in [0.15, 0.2) is 5.82 Å². The average Bonchev–Trinajstić information content (AvgIpc) is 3.04. The van der Waals surface area contributed by atoms with E-state index in [1.54, 1.807) is 28.8 Å². The Balaban J connectivity index is 2.38. The first-order valence-electron chi connectivity index (χ1n) is 6.82. The van der Waals surface area contributed by atoms with Crippen molar-refractivity contribution in [3.63, 3.8) is 0 Å². The van der Waals surface area contributed by atoms with Gasteiger partial charge in [-0.2, -0.15) is 5.26 Å². The van der Waals surface area contributed by atoms with Crippen molar-refractivity contribution in [1.82, 2.24) is 4.57 Å². The molecule has 0 fully saturated rings. The zero-order valence-corrected chi connectivity index (χ0v) is 13.0. The van der Waals surface area contributed by atoms with E-state index in [4.69, 9.17) is 17.0 Å². The van der Waals surface area contributed by atoms with Crippen molar-refractivity contribution in [3.8, 4) is 22.9 Å². The van der Waals surface area contributed by atoms with Crippen LogP contribution in [-0.2, 0) is 6.54 Å². The minimum absolute atomic E-state index is 0.127. The summed E-state index contributed by atoms with van der Waals surface area (Å²) in [6.07, 6.45) is 0. The van der Waals surface area contributed by atoms with Gasteiger partial charge in [0.25, 0.3) is 0 Å². The van der Waals surface area contributed by atoms with Crippen LogP contribution in [0.4, 0.5) is 11.5 Å². The van der Waals surface area contributed by atoms with Gasteiger partial charge in [-0.25, -0.2) is 0 Å². The maximum atomic E-state index is 11.6. The van der Waals surface area contributed by atoms with E-state index in [0.29, 0.717) is 34.9 Å². The zero-order chi connectivity index (χ0) is 16.6. The van der Waals surface area contributed by atoms with E-state index in [0.717, 1.165) is 0 Å². The molecule has 3 rings (SSSR count). The van der Waals surface area contributed by atoms with Crippen LogP contribution in [0.25, 0.3) is 11.1 Å². The van der Waals surface area contributed by atoms with Crippen molar-refractivity contribution >= 4 is 23.7 Å². The van der Waals surface area contributed by atoms with Crippen LogP contribution in [0.15, 0.2) is 24.3 Å². The number of methoxy groups -OCH3 is 1. The molecular weight excluding hydrogens is 316 g/mol. The largest absolute Gasteiger partial charge is 0.497 e. The van der Waals surface area contributed by atoms with Crippen molar-refractivity contribution in [2.24, 2.45) is 0 Å². The number of benzene rings is 1. The third-order valence-corrected chi connectivity index (χ3v) is 4.17. The van der Waals surface area contributed by atoms with Gasteiger partial charge in [-0.3, -0.25) is 10.1 Å². The molecule has 116 valence electrons. The second-order valence-corrected chi connectivity index (χ2v) is 5.31. The Hall–Kier alpha value is -2.92. The standard InChI is InChI=1S/C15H12N4O3S/c1-22-10-4-2-9(3-5-10)12-11(8-16)15(23)18-7-6-17-14(18)13(12)19(20)21/h2-5,17H,6-7H2,1H3. The van der Waals surface area contributed by atoms with Crippen molar-refractivity contribution in [2.75, 3.05) is 19.0 Å². The summed E-state index contributed by atoms with van der Waals surface area (Å²) in [5.74, 6) is 0.979. The maximum absolute atomic E-state index is 11.6. The van der Waals surface area contributed by atoms with Gasteiger partial charge in [0.1, 0.15) is 22.0 Å². The molecule has 0 bridgehead atoms. The number of anilines is 1. The molecule has 1 N–H and O–H groups in total. The maximum Gasteiger partial charge on any atom is 0.318 e. The van der Waals surface area contributed by atoms with Crippen molar-refractivity contribution in [2.45, 2.75) is 6.54 Å². The van der Waals surface area contributed by atoms with Gasteiger partial charge < -0.3 is 14.6 Å². The molecule has 0 spiro atoms. The van der Waals surface area contributed by atoms with Gasteiger partial charge in [0, 0.05) is 13.1 Å². The first kappa shape index (κ1) is 15.0. The quantitative estimate of drug-likeness (QED) is 0.529. The Labute approximate surface area is 136 Å². The minimum Gasteiger partial charge on any atom is -0.497 e. The lowest BCUT2D eigenvalue weighted by Gasteiger charge is -2.12. The number of aromatic nitrogens is 1. The summed E-state index contributed by atoms with van der Waals surface area (Å²) in [4.78, 5) is 11.2. The highest BCUT2D eigenvalue weighted by Gasteiger charge is 2.31. The molecule has 0 atom stereocenters. The summed E-state index contributed by atoms with van der Waals surface area (Å²) in [6.45, 7) is 1.05. The first-order valence-corrected chi connectivity index (χ1v) is 7.23. The normalized spacial score (nSPS) is 12.2. The number of nitriles is 1. The second-order valence-electron chi connectivity index (χ2n) is 4.93. The highest BCUT2D eigenvalue weighted by Crippen LogP contribution is 2.41. The van der Waals surface area contributed by atoms with Crippen LogP contribution in [0.3, 0.4) is 0 Å². The molecule has 0 aliphatic carbocycles. The van der Waals surface area contributed by atoms with Gasteiger partial charge in [0.2, 0.25) is 0 Å². The third kappa shape index (κ3) is 2.31. The number of nitrogens with zero attached hydrogens (tertiary/aromatic N) is 3. The van der Waals surface area contributed by atoms with Gasteiger partial charge in [-0.05, 0) is 17.7 Å². The predicted molar refractivity (Wildman–Crippen MR) is 87.1 cm³/mol. The van der Waals surface area contributed by atoms with Crippen LogP contribution in [0.1, 0.15) is 5.56 Å². The van der Waals surface area contributed by atoms with Crippen LogP contribution in [0.2, 0.25) is 0 Å². The molecule has 0 saturated heterocycles. The molecule has 1 aliphatic rings. The number of nitro groups is 1. The summed E-state index contributed by atoms with van der Waals surface area (Å²) in [5.41, 5.74) is 0.810. The smallest absolute Gasteiger partial charge is 0.318 e. The molecule has 0 amide bonds. The highest BCUT2D eigenvalue weighted by molar-refractivity contribution is 7.71. The Morgan fingerprint density at radius 3 is 2.70 bits per heavy atom. The summed E-state index contributed by atoms with van der Waals surface area (Å²) < 4.78 is 7.02. The summed E-state index contributed by atoms with van der Waals surface area (Å²) in [7, 11) is 1.54. The van der Waals surface area contributed by atoms with Crippen molar-refractivity contribution in [1.29, 1.82) is 5.26 Å². The SMILES string of the molecule is COc1ccc(-c2c([N+](=O)[O-])c3n(c(=S)c2C#N)CCN3)cc1.